The van der Waals surface area contributed by atoms with E-state index in [9.17, 15) is 0 Å². The average molecular weight is 238 g/mol. The van der Waals surface area contributed by atoms with Crippen molar-refractivity contribution in [3.63, 3.8) is 0 Å². The predicted octanol–water partition coefficient (Wildman–Crippen LogP) is 2.38. The largest absolute Gasteiger partial charge is 0.337 e. The number of hydrogen-bond donors (Lipinski definition) is 1. The Morgan fingerprint density at radius 1 is 1.56 bits per heavy atom. The molecule has 0 radical (unpaired) electrons. The Kier molecular flexibility index (Phi) is 3.63. The van der Waals surface area contributed by atoms with Crippen LogP contribution in [0.1, 0.15) is 38.1 Å². The predicted molar refractivity (Wildman–Crippen MR) is 61.9 cm³/mol. The topological polar surface area (TPSA) is 77.8 Å². The molecule has 0 saturated heterocycles. The molecule has 2 N–H and O–H groups in total. The molecule has 0 unspecified atom stereocenters. The van der Waals surface area contributed by atoms with Crippen molar-refractivity contribution in [3.05, 3.63) is 16.8 Å². The molecule has 0 fully saturated rings. The third kappa shape index (κ3) is 2.45. The molecule has 2 aromatic heterocycles. The molecule has 2 aromatic rings. The van der Waals surface area contributed by atoms with E-state index in [4.69, 9.17) is 10.3 Å². The second-order valence-electron chi connectivity index (χ2n) is 3.58. The van der Waals surface area contributed by atoms with Gasteiger partial charge in [0.25, 0.3) is 0 Å². The zero-order chi connectivity index (χ0) is 11.4. The van der Waals surface area contributed by atoms with Gasteiger partial charge >= 0.3 is 0 Å². The van der Waals surface area contributed by atoms with E-state index in [1.165, 1.54) is 11.3 Å². The summed E-state index contributed by atoms with van der Waals surface area (Å²) in [6.45, 7) is 2.13. The summed E-state index contributed by atoms with van der Waals surface area (Å²) in [7, 11) is 0. The number of nitrogens with zero attached hydrogens (tertiary/aromatic N) is 3. The van der Waals surface area contributed by atoms with Crippen LogP contribution in [0.2, 0.25) is 0 Å². The Hall–Kier alpha value is -1.27. The molecule has 5 nitrogen and oxygen atoms in total. The van der Waals surface area contributed by atoms with Crippen LogP contribution in [0.3, 0.4) is 0 Å². The fourth-order valence-corrected chi connectivity index (χ4v) is 1.89. The maximum absolute atomic E-state index is 5.93. The molecule has 86 valence electrons. The number of nitrogens with two attached hydrogens (primary N) is 1. The van der Waals surface area contributed by atoms with Crippen LogP contribution in [0.15, 0.2) is 15.4 Å². The molecular weight excluding hydrogens is 224 g/mol. The summed E-state index contributed by atoms with van der Waals surface area (Å²) in [5.41, 5.74) is 8.41. The Bertz CT molecular complexity index is 426. The number of aromatic nitrogens is 3. The molecule has 0 bridgehead atoms. The summed E-state index contributed by atoms with van der Waals surface area (Å²) in [5.74, 6) is 1.01. The smallest absolute Gasteiger partial charge is 0.243 e. The highest BCUT2D eigenvalue weighted by Gasteiger charge is 2.15. The summed E-state index contributed by atoms with van der Waals surface area (Å²) in [6, 6.07) is -0.167. The van der Waals surface area contributed by atoms with E-state index in [1.807, 2.05) is 5.38 Å². The van der Waals surface area contributed by atoms with Gasteiger partial charge in [-0.3, -0.25) is 0 Å². The fraction of sp³-hybridized carbons (Fsp3) is 0.500. The van der Waals surface area contributed by atoms with Gasteiger partial charge in [-0.15, -0.1) is 11.3 Å². The standard InChI is InChI=1S/C10H14N4OS/c1-2-3-4-7(11)10-13-9(14-15-10)8-5-16-6-12-8/h5-7H,2-4,11H2,1H3/t7-/m0/s1. The molecule has 0 spiro atoms. The minimum atomic E-state index is -0.167. The highest BCUT2D eigenvalue weighted by molar-refractivity contribution is 7.07. The zero-order valence-electron chi connectivity index (χ0n) is 9.09. The van der Waals surface area contributed by atoms with Crippen molar-refractivity contribution >= 4 is 11.3 Å². The van der Waals surface area contributed by atoms with E-state index in [2.05, 4.69) is 22.0 Å². The molecule has 2 rings (SSSR count). The first-order chi connectivity index (χ1) is 7.81. The Morgan fingerprint density at radius 3 is 3.12 bits per heavy atom. The number of unbranched alkanes of at least 4 members (excludes halogenated alkanes) is 1. The van der Waals surface area contributed by atoms with Crippen LogP contribution >= 0.6 is 11.3 Å². The molecule has 0 aliphatic carbocycles. The lowest BCUT2D eigenvalue weighted by molar-refractivity contribution is 0.346. The van der Waals surface area contributed by atoms with Gasteiger partial charge in [0, 0.05) is 5.38 Å². The van der Waals surface area contributed by atoms with Crippen LogP contribution in [-0.2, 0) is 0 Å². The van der Waals surface area contributed by atoms with Crippen molar-refractivity contribution in [2.45, 2.75) is 32.2 Å². The zero-order valence-corrected chi connectivity index (χ0v) is 9.91. The van der Waals surface area contributed by atoms with E-state index < -0.39 is 0 Å². The van der Waals surface area contributed by atoms with Gasteiger partial charge < -0.3 is 10.3 Å². The lowest BCUT2D eigenvalue weighted by atomic mass is 10.1. The summed E-state index contributed by atoms with van der Waals surface area (Å²) in [6.07, 6.45) is 3.05. The second kappa shape index (κ2) is 5.18. The Labute approximate surface area is 97.7 Å². The molecule has 2 heterocycles. The van der Waals surface area contributed by atoms with E-state index >= 15 is 0 Å². The van der Waals surface area contributed by atoms with Gasteiger partial charge in [-0.1, -0.05) is 24.9 Å². The molecule has 0 amide bonds. The van der Waals surface area contributed by atoms with Gasteiger partial charge in [-0.25, -0.2) is 4.98 Å². The normalized spacial score (nSPS) is 12.9. The monoisotopic (exact) mass is 238 g/mol. The summed E-state index contributed by atoms with van der Waals surface area (Å²) in [5, 5.41) is 5.75. The van der Waals surface area contributed by atoms with Gasteiger partial charge in [-0.05, 0) is 6.42 Å². The number of thiazole rings is 1. The van der Waals surface area contributed by atoms with Crippen LogP contribution in [0.5, 0.6) is 0 Å². The minimum Gasteiger partial charge on any atom is -0.337 e. The minimum absolute atomic E-state index is 0.167. The summed E-state index contributed by atoms with van der Waals surface area (Å²) < 4.78 is 5.13. The van der Waals surface area contributed by atoms with Crippen molar-refractivity contribution in [3.8, 4) is 11.5 Å². The molecule has 0 aliphatic heterocycles. The van der Waals surface area contributed by atoms with Crippen molar-refractivity contribution in [2.24, 2.45) is 5.73 Å². The third-order valence-corrected chi connectivity index (χ3v) is 2.88. The van der Waals surface area contributed by atoms with Crippen molar-refractivity contribution in [1.29, 1.82) is 0 Å². The molecule has 6 heteroatoms. The summed E-state index contributed by atoms with van der Waals surface area (Å²) >= 11 is 1.50. The first-order valence-corrected chi connectivity index (χ1v) is 6.23. The third-order valence-electron chi connectivity index (χ3n) is 2.29. The van der Waals surface area contributed by atoms with Crippen LogP contribution < -0.4 is 5.73 Å². The highest BCUT2D eigenvalue weighted by atomic mass is 32.1. The molecule has 1 atom stereocenters. The van der Waals surface area contributed by atoms with Gasteiger partial charge in [0.1, 0.15) is 5.69 Å². The molecular formula is C10H14N4OS. The van der Waals surface area contributed by atoms with Crippen LogP contribution in [0, 0.1) is 0 Å². The Balaban J connectivity index is 2.07. The van der Waals surface area contributed by atoms with E-state index in [-0.39, 0.29) is 6.04 Å². The van der Waals surface area contributed by atoms with Gasteiger partial charge in [0.15, 0.2) is 0 Å². The lowest BCUT2D eigenvalue weighted by Gasteiger charge is -2.03. The van der Waals surface area contributed by atoms with E-state index in [0.29, 0.717) is 11.7 Å². The highest BCUT2D eigenvalue weighted by Crippen LogP contribution is 2.19. The van der Waals surface area contributed by atoms with Crippen molar-refractivity contribution < 1.29 is 4.52 Å². The van der Waals surface area contributed by atoms with Crippen molar-refractivity contribution in [1.82, 2.24) is 15.1 Å². The molecule has 0 saturated carbocycles. The Morgan fingerprint density at radius 2 is 2.44 bits per heavy atom. The second-order valence-corrected chi connectivity index (χ2v) is 4.30. The maximum atomic E-state index is 5.93. The average Bonchev–Trinajstić information content (AvgIpc) is 2.94. The van der Waals surface area contributed by atoms with Crippen LogP contribution in [0.4, 0.5) is 0 Å². The first kappa shape index (κ1) is 11.2. The quantitative estimate of drug-likeness (QED) is 0.865. The van der Waals surface area contributed by atoms with E-state index in [0.717, 1.165) is 25.0 Å². The summed E-state index contributed by atoms with van der Waals surface area (Å²) in [4.78, 5) is 8.36. The maximum Gasteiger partial charge on any atom is 0.243 e. The first-order valence-electron chi connectivity index (χ1n) is 5.29. The fourth-order valence-electron chi connectivity index (χ4n) is 1.36. The molecule has 0 aromatic carbocycles. The molecule has 0 aliphatic rings. The number of rotatable bonds is 5. The number of hydrogen-bond acceptors (Lipinski definition) is 6. The molecule has 16 heavy (non-hydrogen) atoms. The van der Waals surface area contributed by atoms with Crippen LogP contribution in [0.25, 0.3) is 11.5 Å². The van der Waals surface area contributed by atoms with E-state index in [1.54, 1.807) is 5.51 Å². The van der Waals surface area contributed by atoms with Gasteiger partial charge in [0.2, 0.25) is 11.7 Å². The van der Waals surface area contributed by atoms with Crippen molar-refractivity contribution in [2.75, 3.05) is 0 Å². The lowest BCUT2D eigenvalue weighted by Crippen LogP contribution is -2.10. The van der Waals surface area contributed by atoms with Gasteiger partial charge in [0.05, 0.1) is 11.6 Å². The van der Waals surface area contributed by atoms with Crippen LogP contribution in [-0.4, -0.2) is 15.1 Å². The van der Waals surface area contributed by atoms with Gasteiger partial charge in [-0.2, -0.15) is 4.98 Å². The SMILES string of the molecule is CCCC[C@H](N)c1nc(-c2cscn2)no1.